The Labute approximate surface area is 81.7 Å². The van der Waals surface area contributed by atoms with E-state index in [9.17, 15) is 5.11 Å². The van der Waals surface area contributed by atoms with Crippen LogP contribution in [0.15, 0.2) is 0 Å². The van der Waals surface area contributed by atoms with Crippen LogP contribution in [-0.4, -0.2) is 23.3 Å². The Morgan fingerprint density at radius 2 is 1.77 bits per heavy atom. The van der Waals surface area contributed by atoms with E-state index in [0.717, 1.165) is 32.2 Å². The number of hydrogen-bond donors (Lipinski definition) is 2. The van der Waals surface area contributed by atoms with Crippen LogP contribution in [0.3, 0.4) is 0 Å². The molecule has 0 spiro atoms. The van der Waals surface area contributed by atoms with Crippen molar-refractivity contribution in [1.29, 1.82) is 0 Å². The minimum absolute atomic E-state index is 0.438. The molecule has 1 fully saturated rings. The molecule has 2 N–H and O–H groups in total. The van der Waals surface area contributed by atoms with Gasteiger partial charge < -0.3 is 10.4 Å². The van der Waals surface area contributed by atoms with Crippen molar-refractivity contribution in [1.82, 2.24) is 5.32 Å². The Morgan fingerprint density at radius 1 is 1.23 bits per heavy atom. The third kappa shape index (κ3) is 4.10. The Morgan fingerprint density at radius 3 is 2.15 bits per heavy atom. The number of nitrogens with one attached hydrogen (secondary N) is 1. The highest BCUT2D eigenvalue weighted by Gasteiger charge is 2.28. The molecular formula is C11H23NO. The van der Waals surface area contributed by atoms with E-state index in [4.69, 9.17) is 0 Å². The molecule has 1 aliphatic rings. The Balaban J connectivity index is 2.24. The van der Waals surface area contributed by atoms with Crippen LogP contribution < -0.4 is 5.32 Å². The molecule has 0 unspecified atom stereocenters. The fourth-order valence-electron chi connectivity index (χ4n) is 1.85. The van der Waals surface area contributed by atoms with Gasteiger partial charge in [-0.15, -0.1) is 0 Å². The lowest BCUT2D eigenvalue weighted by Crippen LogP contribution is -2.41. The number of rotatable bonds is 7. The molecule has 0 atom stereocenters. The summed E-state index contributed by atoms with van der Waals surface area (Å²) >= 11 is 0. The molecule has 78 valence electrons. The first-order valence-corrected chi connectivity index (χ1v) is 5.66. The molecule has 1 aliphatic carbocycles. The Kier molecular flexibility index (Phi) is 4.20. The third-order valence-corrected chi connectivity index (χ3v) is 2.73. The lowest BCUT2D eigenvalue weighted by atomic mass is 9.92. The zero-order valence-electron chi connectivity index (χ0n) is 8.97. The summed E-state index contributed by atoms with van der Waals surface area (Å²) in [5.74, 6) is 0. The third-order valence-electron chi connectivity index (χ3n) is 2.73. The normalized spacial score (nSPS) is 17.8. The zero-order valence-corrected chi connectivity index (χ0v) is 8.97. The van der Waals surface area contributed by atoms with Gasteiger partial charge in [0.05, 0.1) is 5.60 Å². The van der Waals surface area contributed by atoms with E-state index in [1.54, 1.807) is 0 Å². The fraction of sp³-hybridized carbons (Fsp3) is 1.00. The molecule has 1 rings (SSSR count). The summed E-state index contributed by atoms with van der Waals surface area (Å²) in [5.41, 5.74) is -0.438. The van der Waals surface area contributed by atoms with E-state index in [1.165, 1.54) is 12.8 Å². The molecule has 0 aromatic carbocycles. The SMILES string of the molecule is CCCC(O)(CCC)CNC1CC1. The number of hydrogen-bond acceptors (Lipinski definition) is 2. The summed E-state index contributed by atoms with van der Waals surface area (Å²) in [6, 6.07) is 0.709. The Hall–Kier alpha value is -0.0800. The van der Waals surface area contributed by atoms with Crippen LogP contribution >= 0.6 is 0 Å². The predicted molar refractivity (Wildman–Crippen MR) is 55.8 cm³/mol. The summed E-state index contributed by atoms with van der Waals surface area (Å²) in [5, 5.41) is 13.6. The van der Waals surface area contributed by atoms with Crippen molar-refractivity contribution >= 4 is 0 Å². The average Bonchev–Trinajstić information content (AvgIpc) is 2.85. The smallest absolute Gasteiger partial charge is 0.0771 e. The van der Waals surface area contributed by atoms with E-state index in [1.807, 2.05) is 0 Å². The first kappa shape index (κ1) is 11.0. The first-order chi connectivity index (χ1) is 6.20. The second-order valence-electron chi connectivity index (χ2n) is 4.38. The van der Waals surface area contributed by atoms with Crippen molar-refractivity contribution in [3.8, 4) is 0 Å². The van der Waals surface area contributed by atoms with E-state index >= 15 is 0 Å². The van der Waals surface area contributed by atoms with Gasteiger partial charge in [0.1, 0.15) is 0 Å². The Bertz CT molecular complexity index is 137. The van der Waals surface area contributed by atoms with E-state index in [0.29, 0.717) is 6.04 Å². The molecule has 0 radical (unpaired) electrons. The highest BCUT2D eigenvalue weighted by molar-refractivity contribution is 4.87. The minimum atomic E-state index is -0.438. The molecule has 13 heavy (non-hydrogen) atoms. The summed E-state index contributed by atoms with van der Waals surface area (Å²) in [4.78, 5) is 0. The second kappa shape index (κ2) is 4.97. The van der Waals surface area contributed by atoms with E-state index in [2.05, 4.69) is 19.2 Å². The molecule has 0 heterocycles. The fourth-order valence-corrected chi connectivity index (χ4v) is 1.85. The molecule has 0 bridgehead atoms. The van der Waals surface area contributed by atoms with Crippen molar-refractivity contribution in [2.75, 3.05) is 6.54 Å². The summed E-state index contributed by atoms with van der Waals surface area (Å²) in [6.07, 6.45) is 6.61. The molecule has 1 saturated carbocycles. The van der Waals surface area contributed by atoms with Gasteiger partial charge in [-0.05, 0) is 25.7 Å². The maximum absolute atomic E-state index is 10.2. The molecule has 0 aliphatic heterocycles. The average molecular weight is 185 g/mol. The number of aliphatic hydroxyl groups is 1. The van der Waals surface area contributed by atoms with Crippen LogP contribution in [0.2, 0.25) is 0 Å². The summed E-state index contributed by atoms with van der Waals surface area (Å²) in [6.45, 7) is 5.06. The van der Waals surface area contributed by atoms with Crippen molar-refractivity contribution in [2.24, 2.45) is 0 Å². The molecule has 0 aromatic rings. The van der Waals surface area contributed by atoms with Crippen LogP contribution in [-0.2, 0) is 0 Å². The van der Waals surface area contributed by atoms with Crippen LogP contribution in [0.25, 0.3) is 0 Å². The van der Waals surface area contributed by atoms with Gasteiger partial charge in [0.2, 0.25) is 0 Å². The van der Waals surface area contributed by atoms with Gasteiger partial charge in [0.25, 0.3) is 0 Å². The predicted octanol–water partition coefficient (Wildman–Crippen LogP) is 2.07. The quantitative estimate of drug-likeness (QED) is 0.636. The van der Waals surface area contributed by atoms with Gasteiger partial charge in [0.15, 0.2) is 0 Å². The molecule has 2 nitrogen and oxygen atoms in total. The highest BCUT2D eigenvalue weighted by Crippen LogP contribution is 2.23. The summed E-state index contributed by atoms with van der Waals surface area (Å²) < 4.78 is 0. The van der Waals surface area contributed by atoms with Gasteiger partial charge in [0, 0.05) is 12.6 Å². The van der Waals surface area contributed by atoms with Gasteiger partial charge >= 0.3 is 0 Å². The van der Waals surface area contributed by atoms with E-state index < -0.39 is 5.60 Å². The molecule has 0 aromatic heterocycles. The minimum Gasteiger partial charge on any atom is -0.389 e. The van der Waals surface area contributed by atoms with Gasteiger partial charge in [-0.2, -0.15) is 0 Å². The van der Waals surface area contributed by atoms with Crippen LogP contribution in [0.5, 0.6) is 0 Å². The maximum Gasteiger partial charge on any atom is 0.0771 e. The topological polar surface area (TPSA) is 32.3 Å². The lowest BCUT2D eigenvalue weighted by molar-refractivity contribution is 0.0214. The molecule has 2 heteroatoms. The van der Waals surface area contributed by atoms with Crippen molar-refractivity contribution in [3.05, 3.63) is 0 Å². The largest absolute Gasteiger partial charge is 0.389 e. The molecular weight excluding hydrogens is 162 g/mol. The zero-order chi connectivity index (χ0) is 9.73. The maximum atomic E-state index is 10.2. The second-order valence-corrected chi connectivity index (χ2v) is 4.38. The van der Waals surface area contributed by atoms with Gasteiger partial charge in [-0.25, -0.2) is 0 Å². The standard InChI is InChI=1S/C11H23NO/c1-3-7-11(13,8-4-2)9-12-10-5-6-10/h10,12-13H,3-9H2,1-2H3. The highest BCUT2D eigenvalue weighted by atomic mass is 16.3. The van der Waals surface area contributed by atoms with Crippen molar-refractivity contribution < 1.29 is 5.11 Å². The lowest BCUT2D eigenvalue weighted by Gasteiger charge is -2.27. The monoisotopic (exact) mass is 185 g/mol. The van der Waals surface area contributed by atoms with Crippen LogP contribution in [0.4, 0.5) is 0 Å². The first-order valence-electron chi connectivity index (χ1n) is 5.66. The molecule has 0 amide bonds. The van der Waals surface area contributed by atoms with Crippen molar-refractivity contribution in [3.63, 3.8) is 0 Å². The van der Waals surface area contributed by atoms with Crippen molar-refractivity contribution in [2.45, 2.75) is 64.0 Å². The molecule has 0 saturated heterocycles. The van der Waals surface area contributed by atoms with E-state index in [-0.39, 0.29) is 0 Å². The van der Waals surface area contributed by atoms with Gasteiger partial charge in [-0.1, -0.05) is 26.7 Å². The van der Waals surface area contributed by atoms with Crippen LogP contribution in [0, 0.1) is 0 Å². The van der Waals surface area contributed by atoms with Gasteiger partial charge in [-0.3, -0.25) is 0 Å². The summed E-state index contributed by atoms with van der Waals surface area (Å²) in [7, 11) is 0. The van der Waals surface area contributed by atoms with Crippen LogP contribution in [0.1, 0.15) is 52.4 Å².